The van der Waals surface area contributed by atoms with Crippen LogP contribution in [0.5, 0.6) is 0 Å². The summed E-state index contributed by atoms with van der Waals surface area (Å²) in [6.45, 7) is 6.62. The van der Waals surface area contributed by atoms with E-state index in [1.807, 2.05) is 29.2 Å². The number of nitriles is 1. The number of hydrogen-bond acceptors (Lipinski definition) is 3. The number of piperazine rings is 1. The molecule has 110 valence electrons. The van der Waals surface area contributed by atoms with Crippen LogP contribution in [0, 0.1) is 23.2 Å². The Kier molecular flexibility index (Phi) is 3.94. The molecule has 0 spiro atoms. The largest absolute Gasteiger partial charge is 0.340 e. The first-order valence-electron chi connectivity index (χ1n) is 7.67. The van der Waals surface area contributed by atoms with Gasteiger partial charge >= 0.3 is 0 Å². The molecule has 2 aliphatic rings. The molecule has 4 heteroatoms. The van der Waals surface area contributed by atoms with Crippen LogP contribution in [-0.4, -0.2) is 41.9 Å². The van der Waals surface area contributed by atoms with E-state index in [1.165, 1.54) is 5.56 Å². The number of nitrogens with zero attached hydrogens (tertiary/aromatic N) is 3. The van der Waals surface area contributed by atoms with Crippen LogP contribution in [0.15, 0.2) is 24.3 Å². The molecular weight excluding hydrogens is 262 g/mol. The van der Waals surface area contributed by atoms with Crippen molar-refractivity contribution in [3.8, 4) is 6.07 Å². The second-order valence-corrected chi connectivity index (χ2v) is 6.23. The minimum Gasteiger partial charge on any atom is -0.340 e. The van der Waals surface area contributed by atoms with Gasteiger partial charge in [0.25, 0.3) is 0 Å². The van der Waals surface area contributed by atoms with Crippen molar-refractivity contribution in [2.24, 2.45) is 11.8 Å². The summed E-state index contributed by atoms with van der Waals surface area (Å²) in [6.07, 6.45) is 1.07. The van der Waals surface area contributed by atoms with E-state index in [9.17, 15) is 4.79 Å². The molecule has 2 atom stereocenters. The van der Waals surface area contributed by atoms with Crippen molar-refractivity contribution >= 4 is 5.91 Å². The van der Waals surface area contributed by atoms with Crippen LogP contribution in [0.1, 0.15) is 24.5 Å². The van der Waals surface area contributed by atoms with Gasteiger partial charge in [0, 0.05) is 38.6 Å². The average Bonchev–Trinajstić information content (AvgIpc) is 3.25. The molecule has 0 radical (unpaired) electrons. The predicted molar refractivity (Wildman–Crippen MR) is 80.3 cm³/mol. The van der Waals surface area contributed by atoms with Crippen LogP contribution < -0.4 is 0 Å². The molecule has 1 saturated heterocycles. The van der Waals surface area contributed by atoms with Crippen molar-refractivity contribution in [1.82, 2.24) is 9.80 Å². The molecule has 1 heterocycles. The highest BCUT2D eigenvalue weighted by Crippen LogP contribution is 2.39. The van der Waals surface area contributed by atoms with E-state index in [1.54, 1.807) is 0 Å². The van der Waals surface area contributed by atoms with Gasteiger partial charge in [0.2, 0.25) is 5.91 Å². The molecule has 0 bridgehead atoms. The molecule has 3 rings (SSSR count). The van der Waals surface area contributed by atoms with Crippen LogP contribution in [0.4, 0.5) is 0 Å². The first kappa shape index (κ1) is 14.1. The fourth-order valence-electron chi connectivity index (χ4n) is 2.97. The molecule has 1 amide bonds. The normalized spacial score (nSPS) is 25.4. The van der Waals surface area contributed by atoms with E-state index in [0.717, 1.165) is 39.1 Å². The van der Waals surface area contributed by atoms with Crippen LogP contribution in [0.3, 0.4) is 0 Å². The number of carbonyl (C=O) groups is 1. The monoisotopic (exact) mass is 283 g/mol. The summed E-state index contributed by atoms with van der Waals surface area (Å²) in [5, 5.41) is 8.80. The average molecular weight is 283 g/mol. The lowest BCUT2D eigenvalue weighted by Gasteiger charge is -2.35. The summed E-state index contributed by atoms with van der Waals surface area (Å²) in [4.78, 5) is 16.6. The van der Waals surface area contributed by atoms with Gasteiger partial charge in [-0.15, -0.1) is 0 Å². The van der Waals surface area contributed by atoms with E-state index in [2.05, 4.69) is 17.9 Å². The lowest BCUT2D eigenvalue weighted by Crippen LogP contribution is -2.48. The molecule has 0 N–H and O–H groups in total. The van der Waals surface area contributed by atoms with Crippen LogP contribution in [0.2, 0.25) is 0 Å². The van der Waals surface area contributed by atoms with Crippen LogP contribution >= 0.6 is 0 Å². The highest BCUT2D eigenvalue weighted by molar-refractivity contribution is 5.81. The third kappa shape index (κ3) is 3.25. The maximum atomic E-state index is 12.2. The molecule has 1 aliphatic heterocycles. The molecule has 1 saturated carbocycles. The summed E-state index contributed by atoms with van der Waals surface area (Å²) in [6, 6.07) is 9.90. The van der Waals surface area contributed by atoms with E-state index in [-0.39, 0.29) is 0 Å². The maximum absolute atomic E-state index is 12.2. The van der Waals surface area contributed by atoms with Gasteiger partial charge in [0.1, 0.15) is 0 Å². The topological polar surface area (TPSA) is 47.3 Å². The third-order valence-corrected chi connectivity index (χ3v) is 4.60. The van der Waals surface area contributed by atoms with Gasteiger partial charge in [-0.3, -0.25) is 9.69 Å². The van der Waals surface area contributed by atoms with Gasteiger partial charge in [-0.2, -0.15) is 5.26 Å². The van der Waals surface area contributed by atoms with Gasteiger partial charge in [-0.05, 0) is 30.0 Å². The Morgan fingerprint density at radius 2 is 1.86 bits per heavy atom. The van der Waals surface area contributed by atoms with E-state index < -0.39 is 0 Å². The van der Waals surface area contributed by atoms with E-state index in [4.69, 9.17) is 5.26 Å². The molecule has 2 unspecified atom stereocenters. The first-order chi connectivity index (χ1) is 10.2. The fourth-order valence-corrected chi connectivity index (χ4v) is 2.97. The van der Waals surface area contributed by atoms with Gasteiger partial charge in [0.05, 0.1) is 11.6 Å². The number of rotatable bonds is 3. The Morgan fingerprint density at radius 3 is 2.38 bits per heavy atom. The van der Waals surface area contributed by atoms with Gasteiger partial charge < -0.3 is 4.90 Å². The fraction of sp³-hybridized carbons (Fsp3) is 0.529. The zero-order chi connectivity index (χ0) is 14.8. The SMILES string of the molecule is CC1CC1C(=O)N1CCN(Cc2ccc(C#N)cc2)CC1. The minimum atomic E-state index is 0.301. The zero-order valence-corrected chi connectivity index (χ0v) is 12.5. The maximum Gasteiger partial charge on any atom is 0.226 e. The van der Waals surface area contributed by atoms with Gasteiger partial charge in [0.15, 0.2) is 0 Å². The van der Waals surface area contributed by atoms with Crippen molar-refractivity contribution in [1.29, 1.82) is 5.26 Å². The minimum absolute atomic E-state index is 0.301. The summed E-state index contributed by atoms with van der Waals surface area (Å²) in [7, 11) is 0. The van der Waals surface area contributed by atoms with E-state index >= 15 is 0 Å². The zero-order valence-electron chi connectivity index (χ0n) is 12.5. The Balaban J connectivity index is 1.49. The smallest absolute Gasteiger partial charge is 0.226 e. The summed E-state index contributed by atoms with van der Waals surface area (Å²) < 4.78 is 0. The summed E-state index contributed by atoms with van der Waals surface area (Å²) >= 11 is 0. The van der Waals surface area contributed by atoms with Crippen molar-refractivity contribution in [2.75, 3.05) is 26.2 Å². The molecule has 1 aromatic carbocycles. The number of hydrogen-bond donors (Lipinski definition) is 0. The molecule has 4 nitrogen and oxygen atoms in total. The molecule has 0 aromatic heterocycles. The highest BCUT2D eigenvalue weighted by Gasteiger charge is 2.41. The molecular formula is C17H21N3O. The van der Waals surface area contributed by atoms with Crippen molar-refractivity contribution in [3.05, 3.63) is 35.4 Å². The molecule has 21 heavy (non-hydrogen) atoms. The third-order valence-electron chi connectivity index (χ3n) is 4.60. The van der Waals surface area contributed by atoms with Crippen molar-refractivity contribution < 1.29 is 4.79 Å². The number of carbonyl (C=O) groups excluding carboxylic acids is 1. The van der Waals surface area contributed by atoms with Crippen molar-refractivity contribution in [3.63, 3.8) is 0 Å². The molecule has 1 aromatic rings. The Labute approximate surface area is 126 Å². The van der Waals surface area contributed by atoms with Crippen molar-refractivity contribution in [2.45, 2.75) is 19.9 Å². The lowest BCUT2D eigenvalue weighted by molar-refractivity contribution is -0.134. The predicted octanol–water partition coefficient (Wildman–Crippen LogP) is 1.86. The Hall–Kier alpha value is -1.86. The van der Waals surface area contributed by atoms with Gasteiger partial charge in [-0.25, -0.2) is 0 Å². The van der Waals surface area contributed by atoms with Crippen LogP contribution in [-0.2, 0) is 11.3 Å². The van der Waals surface area contributed by atoms with Crippen LogP contribution in [0.25, 0.3) is 0 Å². The Morgan fingerprint density at radius 1 is 1.24 bits per heavy atom. The second kappa shape index (κ2) is 5.87. The Bertz CT molecular complexity index is 552. The quantitative estimate of drug-likeness (QED) is 0.850. The summed E-state index contributed by atoms with van der Waals surface area (Å²) in [5.41, 5.74) is 1.93. The molecule has 1 aliphatic carbocycles. The number of amides is 1. The molecule has 2 fully saturated rings. The first-order valence-corrected chi connectivity index (χ1v) is 7.67. The van der Waals surface area contributed by atoms with Gasteiger partial charge in [-0.1, -0.05) is 19.1 Å². The highest BCUT2D eigenvalue weighted by atomic mass is 16.2. The second-order valence-electron chi connectivity index (χ2n) is 6.23. The standard InChI is InChI=1S/C17H21N3O/c1-13-10-16(13)17(21)20-8-6-19(7-9-20)12-15-4-2-14(11-18)3-5-15/h2-5,13,16H,6-10,12H2,1H3. The van der Waals surface area contributed by atoms with E-state index in [0.29, 0.717) is 23.3 Å². The lowest BCUT2D eigenvalue weighted by atomic mass is 10.1. The summed E-state index contributed by atoms with van der Waals surface area (Å²) in [5.74, 6) is 1.25. The number of benzene rings is 1.